The lowest BCUT2D eigenvalue weighted by Crippen LogP contribution is -2.15. The van der Waals surface area contributed by atoms with E-state index in [1.807, 2.05) is 30.3 Å². The van der Waals surface area contributed by atoms with Crippen LogP contribution in [0, 0.1) is 0 Å². The van der Waals surface area contributed by atoms with Gasteiger partial charge < -0.3 is 9.47 Å². The zero-order valence-electron chi connectivity index (χ0n) is 11.0. The van der Waals surface area contributed by atoms with Gasteiger partial charge in [0.2, 0.25) is 0 Å². The Labute approximate surface area is 117 Å². The van der Waals surface area contributed by atoms with Gasteiger partial charge in [0.15, 0.2) is 17.3 Å². The van der Waals surface area contributed by atoms with Crippen molar-refractivity contribution in [2.45, 2.75) is 12.8 Å². The van der Waals surface area contributed by atoms with Crippen molar-refractivity contribution >= 4 is 5.78 Å². The number of ether oxygens (including phenoxy) is 2. The molecule has 0 unspecified atom stereocenters. The number of fused-ring (bicyclic) bond motifs is 2. The average molecular weight is 266 g/mol. The monoisotopic (exact) mass is 266 g/mol. The van der Waals surface area contributed by atoms with Gasteiger partial charge in [0.1, 0.15) is 13.2 Å². The van der Waals surface area contributed by atoms with E-state index in [0.717, 1.165) is 40.2 Å². The summed E-state index contributed by atoms with van der Waals surface area (Å²) >= 11 is 0. The highest BCUT2D eigenvalue weighted by atomic mass is 16.6. The Bertz CT molecular complexity index is 703. The summed E-state index contributed by atoms with van der Waals surface area (Å²) in [7, 11) is 0. The standard InChI is InChI=1S/C17H14O3/c18-15-5-2-13-9-11(1-4-14(13)15)12-3-6-16-17(10-12)20-8-7-19-16/h1,3-4,6,9-10H,2,5,7-8H2. The molecular weight excluding hydrogens is 252 g/mol. The van der Waals surface area contributed by atoms with Crippen LogP contribution in [0.2, 0.25) is 0 Å². The van der Waals surface area contributed by atoms with E-state index in [4.69, 9.17) is 9.47 Å². The van der Waals surface area contributed by atoms with Crippen molar-refractivity contribution < 1.29 is 14.3 Å². The first-order valence-corrected chi connectivity index (χ1v) is 6.87. The minimum atomic E-state index is 0.258. The van der Waals surface area contributed by atoms with Crippen LogP contribution in [0.3, 0.4) is 0 Å². The van der Waals surface area contributed by atoms with E-state index in [1.54, 1.807) is 0 Å². The van der Waals surface area contributed by atoms with Gasteiger partial charge in [-0.1, -0.05) is 24.3 Å². The fourth-order valence-electron chi connectivity index (χ4n) is 2.86. The largest absolute Gasteiger partial charge is 0.486 e. The summed E-state index contributed by atoms with van der Waals surface area (Å²) in [5, 5.41) is 0. The molecule has 3 heteroatoms. The molecule has 0 saturated carbocycles. The SMILES string of the molecule is O=C1CCc2cc(-c3ccc4c(c3)OCCO4)ccc21. The van der Waals surface area contributed by atoms with Gasteiger partial charge in [-0.15, -0.1) is 0 Å². The van der Waals surface area contributed by atoms with E-state index >= 15 is 0 Å². The first kappa shape index (κ1) is 11.5. The molecule has 0 atom stereocenters. The lowest BCUT2D eigenvalue weighted by atomic mass is 10.00. The molecule has 2 aromatic rings. The van der Waals surface area contributed by atoms with Gasteiger partial charge in [-0.3, -0.25) is 4.79 Å². The van der Waals surface area contributed by atoms with Crippen LogP contribution in [0.4, 0.5) is 0 Å². The molecule has 0 radical (unpaired) electrons. The van der Waals surface area contributed by atoms with Gasteiger partial charge in [0.05, 0.1) is 0 Å². The highest BCUT2D eigenvalue weighted by Crippen LogP contribution is 2.35. The molecule has 1 heterocycles. The second-order valence-corrected chi connectivity index (χ2v) is 5.15. The van der Waals surface area contributed by atoms with E-state index in [9.17, 15) is 4.79 Å². The predicted octanol–water partition coefficient (Wildman–Crippen LogP) is 3.25. The van der Waals surface area contributed by atoms with Crippen LogP contribution in [0.25, 0.3) is 11.1 Å². The third-order valence-corrected chi connectivity index (χ3v) is 3.90. The minimum absolute atomic E-state index is 0.258. The fraction of sp³-hybridized carbons (Fsp3) is 0.235. The molecule has 0 spiro atoms. The van der Waals surface area contributed by atoms with Crippen LogP contribution in [0.5, 0.6) is 11.5 Å². The molecule has 3 nitrogen and oxygen atoms in total. The molecule has 0 bridgehead atoms. The van der Waals surface area contributed by atoms with Gasteiger partial charge in [-0.25, -0.2) is 0 Å². The Balaban J connectivity index is 1.76. The Morgan fingerprint density at radius 1 is 0.800 bits per heavy atom. The number of ketones is 1. The van der Waals surface area contributed by atoms with Crippen LogP contribution in [-0.2, 0) is 6.42 Å². The molecule has 1 aliphatic carbocycles. The average Bonchev–Trinajstić information content (AvgIpc) is 2.88. The maximum atomic E-state index is 11.7. The van der Waals surface area contributed by atoms with Gasteiger partial charge >= 0.3 is 0 Å². The molecule has 0 N–H and O–H groups in total. The molecule has 0 fully saturated rings. The summed E-state index contributed by atoms with van der Waals surface area (Å²) < 4.78 is 11.1. The number of carbonyl (C=O) groups excluding carboxylic acids is 1. The number of aryl methyl sites for hydroxylation is 1. The van der Waals surface area contributed by atoms with Crippen molar-refractivity contribution in [2.24, 2.45) is 0 Å². The summed E-state index contributed by atoms with van der Waals surface area (Å²) in [6.07, 6.45) is 1.49. The number of benzene rings is 2. The molecule has 0 amide bonds. The summed E-state index contributed by atoms with van der Waals surface area (Å²) in [6.45, 7) is 1.20. The molecule has 20 heavy (non-hydrogen) atoms. The van der Waals surface area contributed by atoms with Crippen molar-refractivity contribution in [1.29, 1.82) is 0 Å². The normalized spacial score (nSPS) is 16.1. The highest BCUT2D eigenvalue weighted by Gasteiger charge is 2.20. The third-order valence-electron chi connectivity index (χ3n) is 3.90. The van der Waals surface area contributed by atoms with E-state index in [1.165, 1.54) is 0 Å². The zero-order chi connectivity index (χ0) is 13.5. The highest BCUT2D eigenvalue weighted by molar-refractivity contribution is 6.01. The topological polar surface area (TPSA) is 35.5 Å². The van der Waals surface area contributed by atoms with E-state index in [0.29, 0.717) is 19.6 Å². The van der Waals surface area contributed by atoms with E-state index in [-0.39, 0.29) is 5.78 Å². The fourth-order valence-corrected chi connectivity index (χ4v) is 2.86. The van der Waals surface area contributed by atoms with Crippen LogP contribution < -0.4 is 9.47 Å². The minimum Gasteiger partial charge on any atom is -0.486 e. The number of hydrogen-bond donors (Lipinski definition) is 0. The molecule has 1 aliphatic heterocycles. The molecule has 4 rings (SSSR count). The second kappa shape index (κ2) is 4.37. The van der Waals surface area contributed by atoms with Crippen LogP contribution >= 0.6 is 0 Å². The van der Waals surface area contributed by atoms with Gasteiger partial charge in [-0.05, 0) is 35.2 Å². The molecule has 100 valence electrons. The van der Waals surface area contributed by atoms with E-state index < -0.39 is 0 Å². The van der Waals surface area contributed by atoms with Crippen molar-refractivity contribution in [1.82, 2.24) is 0 Å². The molecule has 0 saturated heterocycles. The smallest absolute Gasteiger partial charge is 0.163 e. The maximum absolute atomic E-state index is 11.7. The first-order valence-electron chi connectivity index (χ1n) is 6.87. The van der Waals surface area contributed by atoms with Crippen molar-refractivity contribution in [3.8, 4) is 22.6 Å². The van der Waals surface area contributed by atoms with Gasteiger partial charge in [-0.2, -0.15) is 0 Å². The van der Waals surface area contributed by atoms with Gasteiger partial charge in [0, 0.05) is 12.0 Å². The van der Waals surface area contributed by atoms with Crippen molar-refractivity contribution in [3.63, 3.8) is 0 Å². The quantitative estimate of drug-likeness (QED) is 0.794. The summed E-state index contributed by atoms with van der Waals surface area (Å²) in [4.78, 5) is 11.7. The van der Waals surface area contributed by atoms with Crippen molar-refractivity contribution in [3.05, 3.63) is 47.5 Å². The maximum Gasteiger partial charge on any atom is 0.163 e. The number of carbonyl (C=O) groups is 1. The first-order chi connectivity index (χ1) is 9.81. The number of hydrogen-bond acceptors (Lipinski definition) is 3. The van der Waals surface area contributed by atoms with Crippen LogP contribution in [-0.4, -0.2) is 19.0 Å². The summed E-state index contributed by atoms with van der Waals surface area (Å²) in [5.41, 5.74) is 4.25. The van der Waals surface area contributed by atoms with Gasteiger partial charge in [0.25, 0.3) is 0 Å². The second-order valence-electron chi connectivity index (χ2n) is 5.15. The van der Waals surface area contributed by atoms with E-state index in [2.05, 4.69) is 6.07 Å². The van der Waals surface area contributed by atoms with Crippen LogP contribution in [0.1, 0.15) is 22.3 Å². The Hall–Kier alpha value is -2.29. The Morgan fingerprint density at radius 3 is 2.45 bits per heavy atom. The predicted molar refractivity (Wildman–Crippen MR) is 75.5 cm³/mol. The molecule has 2 aromatic carbocycles. The molecule has 2 aliphatic rings. The Kier molecular flexibility index (Phi) is 2.52. The Morgan fingerprint density at radius 2 is 1.55 bits per heavy atom. The zero-order valence-corrected chi connectivity index (χ0v) is 11.0. The molecule has 0 aromatic heterocycles. The molecular formula is C17H14O3. The van der Waals surface area contributed by atoms with Crippen LogP contribution in [0.15, 0.2) is 36.4 Å². The van der Waals surface area contributed by atoms with Crippen molar-refractivity contribution in [2.75, 3.05) is 13.2 Å². The number of Topliss-reactive ketones (excluding diaryl/α,β-unsaturated/α-hetero) is 1. The lowest BCUT2D eigenvalue weighted by molar-refractivity contribution is 0.0994. The lowest BCUT2D eigenvalue weighted by Gasteiger charge is -2.19. The number of rotatable bonds is 1. The summed E-state index contributed by atoms with van der Waals surface area (Å²) in [5.74, 6) is 1.86. The third kappa shape index (κ3) is 1.78. The summed E-state index contributed by atoms with van der Waals surface area (Å²) in [6, 6.07) is 12.1.